The summed E-state index contributed by atoms with van der Waals surface area (Å²) in [6, 6.07) is 0. The van der Waals surface area contributed by atoms with E-state index in [2.05, 4.69) is 4.74 Å². The largest absolute Gasteiger partial charge is 0.465 e. The molecule has 0 atom stereocenters. The molecule has 0 N–H and O–H groups in total. The fourth-order valence-corrected chi connectivity index (χ4v) is 2.15. The van der Waals surface area contributed by atoms with Crippen LogP contribution in [0.25, 0.3) is 0 Å². The smallest absolute Gasteiger partial charge is 0.419 e. The number of carbonyl (C=O) groups is 1. The topological polar surface area (TPSA) is 26.3 Å². The molecule has 0 aromatic heterocycles. The number of ether oxygens (including phenoxy) is 1. The molecule has 1 aromatic carbocycles. The van der Waals surface area contributed by atoms with Gasteiger partial charge in [0, 0.05) is 0 Å². The van der Waals surface area contributed by atoms with Crippen molar-refractivity contribution in [1.29, 1.82) is 0 Å². The highest BCUT2D eigenvalue weighted by Gasteiger charge is 2.65. The minimum absolute atomic E-state index is 0.393. The maximum Gasteiger partial charge on any atom is 0.465 e. The lowest BCUT2D eigenvalue weighted by Gasteiger charge is -2.19. The van der Waals surface area contributed by atoms with Crippen LogP contribution >= 0.6 is 58.0 Å². The molecule has 0 heterocycles. The van der Waals surface area contributed by atoms with Gasteiger partial charge in [0.2, 0.25) is 0 Å². The van der Waals surface area contributed by atoms with E-state index in [-0.39, 0.29) is 0 Å². The first-order valence-corrected chi connectivity index (χ1v) is 6.39. The molecule has 2 nitrogen and oxygen atoms in total. The third-order valence-electron chi connectivity index (χ3n) is 1.98. The summed E-state index contributed by atoms with van der Waals surface area (Å²) < 4.78 is 65.5. The van der Waals surface area contributed by atoms with E-state index in [1.165, 1.54) is 0 Å². The Balaban J connectivity index is 3.31. The number of rotatable bonds is 2. The molecule has 1 aromatic rings. The molecule has 0 radical (unpaired) electrons. The van der Waals surface area contributed by atoms with Gasteiger partial charge in [0.05, 0.1) is 15.1 Å². The number of hydrogen-bond donors (Lipinski definition) is 0. The molecule has 118 valence electrons. The predicted octanol–water partition coefficient (Wildman–Crippen LogP) is 6.06. The van der Waals surface area contributed by atoms with Crippen LogP contribution < -0.4 is 4.74 Å². The van der Waals surface area contributed by atoms with E-state index in [0.29, 0.717) is 0 Å². The second-order valence-electron chi connectivity index (χ2n) is 3.36. The molecule has 0 aliphatic rings. The summed E-state index contributed by atoms with van der Waals surface area (Å²) in [4.78, 5) is 11.0. The Labute approximate surface area is 138 Å². The lowest BCUT2D eigenvalue weighted by molar-refractivity contribution is -0.276. The van der Waals surface area contributed by atoms with E-state index >= 15 is 0 Å². The summed E-state index contributed by atoms with van der Waals surface area (Å²) >= 11 is 27.7. The molecule has 0 aliphatic heterocycles. The quantitative estimate of drug-likeness (QED) is 0.194. The lowest BCUT2D eigenvalue weighted by atomic mass is 10.3. The van der Waals surface area contributed by atoms with E-state index in [4.69, 9.17) is 58.0 Å². The van der Waals surface area contributed by atoms with Gasteiger partial charge in [-0.3, -0.25) is 0 Å². The van der Waals surface area contributed by atoms with Crippen molar-refractivity contribution in [3.8, 4) is 5.75 Å². The average molecular weight is 412 g/mol. The fourth-order valence-electron chi connectivity index (χ4n) is 0.947. The zero-order chi connectivity index (χ0) is 16.7. The first-order chi connectivity index (χ1) is 9.32. The highest BCUT2D eigenvalue weighted by atomic mass is 35.5. The Hall–Kier alpha value is -0.210. The van der Waals surface area contributed by atoms with Gasteiger partial charge >= 0.3 is 18.1 Å². The van der Waals surface area contributed by atoms with Gasteiger partial charge in [0.15, 0.2) is 5.75 Å². The molecule has 0 aliphatic carbocycles. The summed E-state index contributed by atoms with van der Waals surface area (Å²) in [5.74, 6) is -9.79. The van der Waals surface area contributed by atoms with Crippen LogP contribution in [0.3, 0.4) is 0 Å². The van der Waals surface area contributed by atoms with Crippen LogP contribution in [-0.2, 0) is 4.79 Å². The first-order valence-electron chi connectivity index (χ1n) is 4.50. The Morgan fingerprint density at radius 3 is 1.43 bits per heavy atom. The van der Waals surface area contributed by atoms with Crippen LogP contribution in [0, 0.1) is 0 Å². The minimum atomic E-state index is -6.16. The van der Waals surface area contributed by atoms with Crippen molar-refractivity contribution in [3.63, 3.8) is 0 Å². The fraction of sp³-hybridized carbons (Fsp3) is 0.222. The molecule has 0 saturated heterocycles. The Kier molecular flexibility index (Phi) is 5.49. The normalized spacial score (nSPS) is 12.5. The number of hydrogen-bond acceptors (Lipinski definition) is 2. The summed E-state index contributed by atoms with van der Waals surface area (Å²) in [5, 5.41) is -2.96. The van der Waals surface area contributed by atoms with Gasteiger partial charge in [0.25, 0.3) is 0 Å². The highest BCUT2D eigenvalue weighted by Crippen LogP contribution is 2.49. The van der Waals surface area contributed by atoms with Gasteiger partial charge in [-0.05, 0) is 0 Å². The van der Waals surface area contributed by atoms with Crippen LogP contribution in [-0.4, -0.2) is 18.1 Å². The van der Waals surface area contributed by atoms with Crippen LogP contribution in [0.1, 0.15) is 0 Å². The van der Waals surface area contributed by atoms with Gasteiger partial charge in [0.1, 0.15) is 10.0 Å². The molecule has 1 rings (SSSR count). The maximum atomic E-state index is 12.8. The van der Waals surface area contributed by atoms with Crippen molar-refractivity contribution >= 4 is 64.0 Å². The Bertz CT molecular complexity index is 572. The predicted molar refractivity (Wildman–Crippen MR) is 68.1 cm³/mol. The monoisotopic (exact) mass is 410 g/mol. The van der Waals surface area contributed by atoms with Crippen LogP contribution in [0.2, 0.25) is 25.1 Å². The third kappa shape index (κ3) is 3.42. The van der Waals surface area contributed by atoms with E-state index in [0.717, 1.165) is 0 Å². The number of alkyl halides is 5. The molecule has 0 fully saturated rings. The molecule has 0 saturated carbocycles. The van der Waals surface area contributed by atoms with Crippen molar-refractivity contribution in [2.45, 2.75) is 12.1 Å². The molecule has 0 unspecified atom stereocenters. The maximum absolute atomic E-state index is 12.8. The molecule has 0 bridgehead atoms. The molecular weight excluding hydrogens is 412 g/mol. The van der Waals surface area contributed by atoms with Crippen molar-refractivity contribution in [1.82, 2.24) is 0 Å². The van der Waals surface area contributed by atoms with Crippen LogP contribution in [0.4, 0.5) is 22.0 Å². The second-order valence-corrected chi connectivity index (χ2v) is 5.25. The van der Waals surface area contributed by atoms with Crippen molar-refractivity contribution in [2.75, 3.05) is 0 Å². The zero-order valence-electron chi connectivity index (χ0n) is 9.10. The van der Waals surface area contributed by atoms with Crippen LogP contribution in [0.15, 0.2) is 0 Å². The molecule has 21 heavy (non-hydrogen) atoms. The van der Waals surface area contributed by atoms with Gasteiger partial charge in [-0.2, -0.15) is 22.0 Å². The minimum Gasteiger partial charge on any atom is -0.419 e. The van der Waals surface area contributed by atoms with Crippen LogP contribution in [0.5, 0.6) is 5.75 Å². The SMILES string of the molecule is O=C(Oc1c(Cl)c(Cl)c(Cl)c(Cl)c1Cl)C(F)(F)C(F)(F)F. The summed E-state index contributed by atoms with van der Waals surface area (Å²) in [7, 11) is 0. The van der Waals surface area contributed by atoms with E-state index < -0.39 is 48.9 Å². The summed E-state index contributed by atoms with van der Waals surface area (Å²) in [6.07, 6.45) is -6.16. The number of carbonyl (C=O) groups excluding carboxylic acids is 1. The lowest BCUT2D eigenvalue weighted by Crippen LogP contribution is -2.46. The van der Waals surface area contributed by atoms with Gasteiger partial charge in [-0.1, -0.05) is 58.0 Å². The molecule has 12 heteroatoms. The van der Waals surface area contributed by atoms with Gasteiger partial charge < -0.3 is 4.74 Å². The van der Waals surface area contributed by atoms with Crippen molar-refractivity contribution < 1.29 is 31.5 Å². The number of halogens is 10. The standard InChI is InChI=1S/C9Cl5F5O2/c10-1-2(11)4(13)6(5(14)3(1)12)21-7(20)8(15,16)9(17,18)19. The Morgan fingerprint density at radius 1 is 0.762 bits per heavy atom. The summed E-state index contributed by atoms with van der Waals surface area (Å²) in [5.41, 5.74) is 0. The first kappa shape index (κ1) is 18.8. The van der Waals surface area contributed by atoms with Crippen molar-refractivity contribution in [3.05, 3.63) is 25.1 Å². The van der Waals surface area contributed by atoms with Crippen molar-refractivity contribution in [2.24, 2.45) is 0 Å². The second kappa shape index (κ2) is 6.12. The number of esters is 1. The zero-order valence-corrected chi connectivity index (χ0v) is 12.9. The van der Waals surface area contributed by atoms with Gasteiger partial charge in [-0.15, -0.1) is 0 Å². The third-order valence-corrected chi connectivity index (χ3v) is 4.22. The molecular formula is C9Cl5F5O2. The van der Waals surface area contributed by atoms with E-state index in [1.807, 2.05) is 0 Å². The molecule has 0 spiro atoms. The highest BCUT2D eigenvalue weighted by molar-refractivity contribution is 6.55. The van der Waals surface area contributed by atoms with Gasteiger partial charge in [-0.25, -0.2) is 4.79 Å². The number of benzene rings is 1. The summed E-state index contributed by atoms with van der Waals surface area (Å²) in [6.45, 7) is 0. The Morgan fingerprint density at radius 2 is 1.10 bits per heavy atom. The average Bonchev–Trinajstić information content (AvgIpc) is 2.37. The van der Waals surface area contributed by atoms with E-state index in [9.17, 15) is 26.7 Å². The van der Waals surface area contributed by atoms with E-state index in [1.54, 1.807) is 0 Å². The molecule has 0 amide bonds.